The van der Waals surface area contributed by atoms with Gasteiger partial charge in [0.1, 0.15) is 0 Å². The van der Waals surface area contributed by atoms with Gasteiger partial charge < -0.3 is 15.0 Å². The Labute approximate surface area is 200 Å². The molecule has 0 aliphatic heterocycles. The summed E-state index contributed by atoms with van der Waals surface area (Å²) in [6.45, 7) is 2.49. The summed E-state index contributed by atoms with van der Waals surface area (Å²) in [5.41, 5.74) is -2.38. The van der Waals surface area contributed by atoms with Gasteiger partial charge in [-0.25, -0.2) is 4.79 Å². The minimum Gasteiger partial charge on any atom is -0.429 e. The third-order valence-corrected chi connectivity index (χ3v) is 6.49. The van der Waals surface area contributed by atoms with E-state index in [0.717, 1.165) is 35.0 Å². The lowest BCUT2D eigenvalue weighted by Gasteiger charge is -2.32. The highest BCUT2D eigenvalue weighted by atomic mass is 32.2. The molecule has 0 aliphatic rings. The zero-order valence-corrected chi connectivity index (χ0v) is 20.0. The second-order valence-corrected chi connectivity index (χ2v) is 9.17. The number of fused-ring (bicyclic) bond motifs is 1. The molecule has 0 bridgehead atoms. The first-order chi connectivity index (χ1) is 15.9. The zero-order valence-electron chi connectivity index (χ0n) is 19.1. The van der Waals surface area contributed by atoms with Gasteiger partial charge in [-0.15, -0.1) is 0 Å². The van der Waals surface area contributed by atoms with Crippen molar-refractivity contribution in [3.05, 3.63) is 77.9 Å². The molecule has 0 radical (unpaired) electrons. The number of alkyl halides is 3. The van der Waals surface area contributed by atoms with Crippen LogP contribution in [0.15, 0.2) is 71.6 Å². The number of amides is 2. The maximum atomic E-state index is 14.1. The number of carbonyl (C=O) groups excluding carboxylic acids is 2. The Bertz CT molecular complexity index is 1180. The number of carbonyl (C=O) groups is 2. The summed E-state index contributed by atoms with van der Waals surface area (Å²) in [6, 6.07) is 17.7. The van der Waals surface area contributed by atoms with Crippen molar-refractivity contribution in [3.63, 3.8) is 0 Å². The molecule has 3 rings (SSSR count). The minimum absolute atomic E-state index is 0.255. The molecule has 2 atom stereocenters. The van der Waals surface area contributed by atoms with Crippen LogP contribution in [0.4, 0.5) is 22.8 Å². The SMILES string of the molecule is C[C@H](NC(=O)OC(C)(c1ccc(SC(=O)N(C)C)cc1)C(F)(F)F)c1cccc2ccccc12. The number of ether oxygens (including phenoxy) is 1. The third kappa shape index (κ3) is 5.47. The number of rotatable bonds is 5. The molecule has 0 fully saturated rings. The first-order valence-electron chi connectivity index (χ1n) is 10.5. The maximum absolute atomic E-state index is 14.1. The highest BCUT2D eigenvalue weighted by molar-refractivity contribution is 8.13. The van der Waals surface area contributed by atoms with Crippen molar-refractivity contribution in [1.82, 2.24) is 10.2 Å². The fourth-order valence-corrected chi connectivity index (χ4v) is 4.07. The fraction of sp³-hybridized carbons (Fsp3) is 0.280. The summed E-state index contributed by atoms with van der Waals surface area (Å²) in [5, 5.41) is 4.10. The van der Waals surface area contributed by atoms with Crippen LogP contribution in [-0.4, -0.2) is 36.5 Å². The predicted octanol–water partition coefficient (Wildman–Crippen LogP) is 6.88. The Balaban J connectivity index is 1.80. The molecule has 34 heavy (non-hydrogen) atoms. The van der Waals surface area contributed by atoms with Crippen molar-refractivity contribution in [2.45, 2.75) is 36.6 Å². The summed E-state index contributed by atoms with van der Waals surface area (Å²) in [4.78, 5) is 26.3. The Morgan fingerprint density at radius 1 is 0.971 bits per heavy atom. The maximum Gasteiger partial charge on any atom is 0.432 e. The smallest absolute Gasteiger partial charge is 0.429 e. The standard InChI is InChI=1S/C25H25F3N2O3S/c1-16(20-11-7-9-17-8-5-6-10-21(17)20)29-22(31)33-24(2,25(26,27)28)18-12-14-19(15-13-18)34-23(32)30(3)4/h5-16H,1-4H3,(H,29,31)/t16-,24?/m0/s1. The molecule has 1 N–H and O–H groups in total. The summed E-state index contributed by atoms with van der Waals surface area (Å²) >= 11 is 0.885. The third-order valence-electron chi connectivity index (χ3n) is 5.44. The number of alkyl carbamates (subject to hydrolysis) is 1. The fourth-order valence-electron chi connectivity index (χ4n) is 3.41. The second kappa shape index (κ2) is 9.97. The van der Waals surface area contributed by atoms with Gasteiger partial charge in [-0.1, -0.05) is 54.6 Å². The van der Waals surface area contributed by atoms with E-state index in [1.54, 1.807) is 21.0 Å². The number of benzene rings is 3. The van der Waals surface area contributed by atoms with Crippen LogP contribution in [-0.2, 0) is 10.3 Å². The van der Waals surface area contributed by atoms with Crippen LogP contribution in [0, 0.1) is 0 Å². The first-order valence-corrected chi connectivity index (χ1v) is 11.3. The normalized spacial score (nSPS) is 14.2. The van der Waals surface area contributed by atoms with Gasteiger partial charge in [-0.05, 0) is 54.1 Å². The molecular formula is C25H25F3N2O3S. The average Bonchev–Trinajstić information content (AvgIpc) is 2.78. The van der Waals surface area contributed by atoms with Gasteiger partial charge in [0.05, 0.1) is 6.04 Å². The van der Waals surface area contributed by atoms with Crippen LogP contribution in [0.5, 0.6) is 0 Å². The summed E-state index contributed by atoms with van der Waals surface area (Å²) < 4.78 is 47.2. The number of halogens is 3. The van der Waals surface area contributed by atoms with E-state index < -0.39 is 23.9 Å². The molecule has 9 heteroatoms. The monoisotopic (exact) mass is 490 g/mol. The van der Waals surface area contributed by atoms with Gasteiger partial charge >= 0.3 is 12.3 Å². The Morgan fingerprint density at radius 2 is 1.59 bits per heavy atom. The number of thioether (sulfide) groups is 1. The van der Waals surface area contributed by atoms with Gasteiger partial charge in [-0.3, -0.25) is 4.79 Å². The van der Waals surface area contributed by atoms with Crippen LogP contribution in [0.2, 0.25) is 0 Å². The number of nitrogens with zero attached hydrogens (tertiary/aromatic N) is 1. The molecule has 0 saturated heterocycles. The van der Waals surface area contributed by atoms with E-state index in [1.807, 2.05) is 42.5 Å². The van der Waals surface area contributed by atoms with Crippen molar-refractivity contribution in [3.8, 4) is 0 Å². The van der Waals surface area contributed by atoms with E-state index in [1.165, 1.54) is 29.2 Å². The molecule has 0 aliphatic carbocycles. The lowest BCUT2D eigenvalue weighted by molar-refractivity contribution is -0.257. The molecule has 180 valence electrons. The van der Waals surface area contributed by atoms with E-state index in [9.17, 15) is 22.8 Å². The Hall–Kier alpha value is -3.20. The topological polar surface area (TPSA) is 58.6 Å². The molecule has 0 aromatic heterocycles. The molecule has 0 spiro atoms. The zero-order chi connectivity index (χ0) is 25.1. The summed E-state index contributed by atoms with van der Waals surface area (Å²) in [7, 11) is 3.16. The lowest BCUT2D eigenvalue weighted by atomic mass is 9.95. The quantitative estimate of drug-likeness (QED) is 0.396. The largest absolute Gasteiger partial charge is 0.432 e. The van der Waals surface area contributed by atoms with Crippen LogP contribution in [0.1, 0.15) is 31.0 Å². The molecule has 0 heterocycles. The summed E-state index contributed by atoms with van der Waals surface area (Å²) in [6.07, 6.45) is -6.07. The molecular weight excluding hydrogens is 465 g/mol. The second-order valence-electron chi connectivity index (χ2n) is 8.14. The molecule has 3 aromatic carbocycles. The van der Waals surface area contributed by atoms with Gasteiger partial charge in [0, 0.05) is 24.6 Å². The van der Waals surface area contributed by atoms with E-state index in [2.05, 4.69) is 5.32 Å². The molecule has 3 aromatic rings. The van der Waals surface area contributed by atoms with Crippen molar-refractivity contribution < 1.29 is 27.5 Å². The van der Waals surface area contributed by atoms with Gasteiger partial charge in [0.15, 0.2) is 0 Å². The molecule has 2 amide bonds. The highest BCUT2D eigenvalue weighted by Gasteiger charge is 2.56. The predicted molar refractivity (Wildman–Crippen MR) is 127 cm³/mol. The van der Waals surface area contributed by atoms with Crippen LogP contribution in [0.25, 0.3) is 10.8 Å². The lowest BCUT2D eigenvalue weighted by Crippen LogP contribution is -2.46. The molecule has 1 unspecified atom stereocenters. The van der Waals surface area contributed by atoms with Crippen molar-refractivity contribution in [2.75, 3.05) is 14.1 Å². The van der Waals surface area contributed by atoms with Gasteiger partial charge in [0.25, 0.3) is 5.24 Å². The Kier molecular flexibility index (Phi) is 7.45. The van der Waals surface area contributed by atoms with Gasteiger partial charge in [-0.2, -0.15) is 13.2 Å². The van der Waals surface area contributed by atoms with Crippen LogP contribution < -0.4 is 5.32 Å². The van der Waals surface area contributed by atoms with Crippen molar-refractivity contribution in [1.29, 1.82) is 0 Å². The number of hydrogen-bond acceptors (Lipinski definition) is 4. The average molecular weight is 491 g/mol. The van der Waals surface area contributed by atoms with E-state index in [4.69, 9.17) is 4.74 Å². The van der Waals surface area contributed by atoms with Crippen molar-refractivity contribution >= 4 is 33.9 Å². The molecule has 5 nitrogen and oxygen atoms in total. The van der Waals surface area contributed by atoms with E-state index >= 15 is 0 Å². The Morgan fingerprint density at radius 3 is 2.21 bits per heavy atom. The molecule has 0 saturated carbocycles. The van der Waals surface area contributed by atoms with E-state index in [0.29, 0.717) is 4.90 Å². The van der Waals surface area contributed by atoms with Crippen molar-refractivity contribution in [2.24, 2.45) is 0 Å². The van der Waals surface area contributed by atoms with Crippen LogP contribution >= 0.6 is 11.8 Å². The number of nitrogens with one attached hydrogen (secondary N) is 1. The number of hydrogen-bond donors (Lipinski definition) is 1. The summed E-state index contributed by atoms with van der Waals surface area (Å²) in [5.74, 6) is 0. The van der Waals surface area contributed by atoms with Crippen LogP contribution in [0.3, 0.4) is 0 Å². The van der Waals surface area contributed by atoms with E-state index in [-0.39, 0.29) is 10.8 Å². The minimum atomic E-state index is -4.87. The first kappa shape index (κ1) is 25.4. The highest BCUT2D eigenvalue weighted by Crippen LogP contribution is 2.42. The van der Waals surface area contributed by atoms with Gasteiger partial charge in [0.2, 0.25) is 5.60 Å².